The van der Waals surface area contributed by atoms with E-state index in [1.807, 2.05) is 6.92 Å². The second-order valence-corrected chi connectivity index (χ2v) is 4.94. The normalized spacial score (nSPS) is 21.5. The topological polar surface area (TPSA) is 90.8 Å². The molecule has 0 radical (unpaired) electrons. The van der Waals surface area contributed by atoms with Crippen molar-refractivity contribution in [3.05, 3.63) is 0 Å². The van der Waals surface area contributed by atoms with Gasteiger partial charge in [0.15, 0.2) is 5.17 Å². The molecule has 1 aliphatic heterocycles. The molecule has 0 bridgehead atoms. The molecular formula is C10H17N3O3S. The van der Waals surface area contributed by atoms with Gasteiger partial charge >= 0.3 is 0 Å². The zero-order valence-corrected chi connectivity index (χ0v) is 10.7. The molecule has 0 saturated heterocycles. The standard InChI is InChI=1S/C10H17N3O3S/c1-6-3-8(15)13-10(12-6)17-5-9(16)11-7(2)4-14/h6-7,14H,3-5H2,1-2H3,(H,11,16)(H,12,13,15). The van der Waals surface area contributed by atoms with E-state index in [1.54, 1.807) is 6.92 Å². The third kappa shape index (κ3) is 5.18. The summed E-state index contributed by atoms with van der Waals surface area (Å²) in [4.78, 5) is 26.8. The molecule has 0 aromatic carbocycles. The summed E-state index contributed by atoms with van der Waals surface area (Å²) in [6.07, 6.45) is 0.387. The van der Waals surface area contributed by atoms with Crippen molar-refractivity contribution in [2.45, 2.75) is 32.4 Å². The first kappa shape index (κ1) is 14.0. The van der Waals surface area contributed by atoms with Crippen LogP contribution in [0.15, 0.2) is 4.99 Å². The number of aliphatic imine (C=N–C) groups is 1. The van der Waals surface area contributed by atoms with Gasteiger partial charge in [0, 0.05) is 12.5 Å². The van der Waals surface area contributed by atoms with Gasteiger partial charge in [-0.1, -0.05) is 11.8 Å². The van der Waals surface area contributed by atoms with Crippen LogP contribution < -0.4 is 10.6 Å². The van der Waals surface area contributed by atoms with Crippen molar-refractivity contribution in [1.82, 2.24) is 10.6 Å². The second-order valence-electron chi connectivity index (χ2n) is 3.98. The maximum Gasteiger partial charge on any atom is 0.230 e. The number of nitrogens with zero attached hydrogens (tertiary/aromatic N) is 1. The number of rotatable bonds is 4. The Morgan fingerprint density at radius 1 is 1.76 bits per heavy atom. The molecular weight excluding hydrogens is 242 g/mol. The minimum Gasteiger partial charge on any atom is -0.394 e. The number of aliphatic hydroxyl groups is 1. The number of thioether (sulfide) groups is 1. The second kappa shape index (κ2) is 6.61. The van der Waals surface area contributed by atoms with Crippen LogP contribution in [0.3, 0.4) is 0 Å². The SMILES string of the molecule is CC1CC(=O)NC(SCC(=O)NC(C)CO)=N1. The molecule has 0 saturated carbocycles. The van der Waals surface area contributed by atoms with Crippen molar-refractivity contribution in [1.29, 1.82) is 0 Å². The van der Waals surface area contributed by atoms with E-state index >= 15 is 0 Å². The Balaban J connectivity index is 2.35. The number of amides is 2. The van der Waals surface area contributed by atoms with Crippen LogP contribution in [-0.4, -0.2) is 46.5 Å². The maximum absolute atomic E-state index is 11.4. The van der Waals surface area contributed by atoms with Crippen molar-refractivity contribution in [2.75, 3.05) is 12.4 Å². The Kier molecular flexibility index (Phi) is 5.43. The lowest BCUT2D eigenvalue weighted by atomic mass is 10.2. The first-order valence-corrected chi connectivity index (χ1v) is 6.40. The lowest BCUT2D eigenvalue weighted by Gasteiger charge is -2.17. The zero-order valence-electron chi connectivity index (χ0n) is 9.90. The van der Waals surface area contributed by atoms with Gasteiger partial charge in [0.1, 0.15) is 0 Å². The van der Waals surface area contributed by atoms with Crippen LogP contribution in [0.2, 0.25) is 0 Å². The molecule has 1 heterocycles. The Labute approximate surface area is 104 Å². The molecule has 7 heteroatoms. The highest BCUT2D eigenvalue weighted by atomic mass is 32.2. The van der Waals surface area contributed by atoms with E-state index in [-0.39, 0.29) is 36.3 Å². The number of carbonyl (C=O) groups excluding carboxylic acids is 2. The Morgan fingerprint density at radius 2 is 2.47 bits per heavy atom. The molecule has 0 fully saturated rings. The molecule has 6 nitrogen and oxygen atoms in total. The van der Waals surface area contributed by atoms with Gasteiger partial charge in [-0.3, -0.25) is 14.6 Å². The molecule has 2 atom stereocenters. The van der Waals surface area contributed by atoms with E-state index in [2.05, 4.69) is 15.6 Å². The predicted molar refractivity (Wildman–Crippen MR) is 66.8 cm³/mol. The van der Waals surface area contributed by atoms with Crippen LogP contribution in [0.5, 0.6) is 0 Å². The monoisotopic (exact) mass is 259 g/mol. The highest BCUT2D eigenvalue weighted by Crippen LogP contribution is 2.10. The minimum absolute atomic E-state index is 0.0364. The summed E-state index contributed by atoms with van der Waals surface area (Å²) in [7, 11) is 0. The van der Waals surface area contributed by atoms with E-state index in [0.717, 1.165) is 0 Å². The van der Waals surface area contributed by atoms with E-state index in [1.165, 1.54) is 11.8 Å². The molecule has 2 unspecified atom stereocenters. The minimum atomic E-state index is -0.259. The smallest absolute Gasteiger partial charge is 0.230 e. The van der Waals surface area contributed by atoms with E-state index < -0.39 is 0 Å². The van der Waals surface area contributed by atoms with E-state index in [9.17, 15) is 9.59 Å². The molecule has 0 aliphatic carbocycles. The number of hydrogen-bond donors (Lipinski definition) is 3. The number of carbonyl (C=O) groups is 2. The summed E-state index contributed by atoms with van der Waals surface area (Å²) in [5.41, 5.74) is 0. The third-order valence-electron chi connectivity index (χ3n) is 2.09. The Hall–Kier alpha value is -1.08. The summed E-state index contributed by atoms with van der Waals surface area (Å²) < 4.78 is 0. The average molecular weight is 259 g/mol. The number of hydrogen-bond acceptors (Lipinski definition) is 5. The van der Waals surface area contributed by atoms with Crippen LogP contribution >= 0.6 is 11.8 Å². The summed E-state index contributed by atoms with van der Waals surface area (Å²) >= 11 is 1.19. The van der Waals surface area contributed by atoms with Crippen LogP contribution in [0.1, 0.15) is 20.3 Å². The molecule has 96 valence electrons. The molecule has 1 aliphatic rings. The van der Waals surface area contributed by atoms with Crippen molar-refractivity contribution in [3.8, 4) is 0 Å². The first-order chi connectivity index (χ1) is 8.01. The molecule has 1 rings (SSSR count). The molecule has 3 N–H and O–H groups in total. The lowest BCUT2D eigenvalue weighted by molar-refractivity contribution is -0.120. The van der Waals surface area contributed by atoms with Crippen LogP contribution in [0.4, 0.5) is 0 Å². The first-order valence-electron chi connectivity index (χ1n) is 5.42. The van der Waals surface area contributed by atoms with Crippen molar-refractivity contribution < 1.29 is 14.7 Å². The van der Waals surface area contributed by atoms with E-state index in [0.29, 0.717) is 11.6 Å². The largest absolute Gasteiger partial charge is 0.394 e. The lowest BCUT2D eigenvalue weighted by Crippen LogP contribution is -2.39. The van der Waals surface area contributed by atoms with Crippen LogP contribution in [0, 0.1) is 0 Å². The molecule has 2 amide bonds. The van der Waals surface area contributed by atoms with Crippen molar-refractivity contribution in [2.24, 2.45) is 4.99 Å². The maximum atomic E-state index is 11.4. The van der Waals surface area contributed by atoms with Crippen LogP contribution in [-0.2, 0) is 9.59 Å². The van der Waals surface area contributed by atoms with Gasteiger partial charge in [-0.15, -0.1) is 0 Å². The van der Waals surface area contributed by atoms with Gasteiger partial charge in [0.2, 0.25) is 11.8 Å². The highest BCUT2D eigenvalue weighted by Gasteiger charge is 2.18. The number of aliphatic hydroxyl groups excluding tert-OH is 1. The van der Waals surface area contributed by atoms with Gasteiger partial charge in [0.05, 0.1) is 18.4 Å². The molecule has 0 aromatic heterocycles. The molecule has 0 aromatic rings. The fourth-order valence-corrected chi connectivity index (χ4v) is 2.08. The number of amidine groups is 1. The van der Waals surface area contributed by atoms with Crippen molar-refractivity contribution >= 4 is 28.7 Å². The fraction of sp³-hybridized carbons (Fsp3) is 0.700. The summed E-state index contributed by atoms with van der Waals surface area (Å²) in [5, 5.41) is 14.5. The van der Waals surface area contributed by atoms with Gasteiger partial charge in [-0.05, 0) is 13.8 Å². The van der Waals surface area contributed by atoms with Gasteiger partial charge in [-0.2, -0.15) is 0 Å². The average Bonchev–Trinajstić information content (AvgIpc) is 2.25. The van der Waals surface area contributed by atoms with Crippen molar-refractivity contribution in [3.63, 3.8) is 0 Å². The van der Waals surface area contributed by atoms with Crippen LogP contribution in [0.25, 0.3) is 0 Å². The fourth-order valence-electron chi connectivity index (χ4n) is 1.29. The summed E-state index contributed by atoms with van der Waals surface area (Å²) in [6, 6.07) is -0.296. The summed E-state index contributed by atoms with van der Waals surface area (Å²) in [5.74, 6) is -0.0817. The highest BCUT2D eigenvalue weighted by molar-refractivity contribution is 8.14. The third-order valence-corrected chi connectivity index (χ3v) is 2.97. The Morgan fingerprint density at radius 3 is 3.06 bits per heavy atom. The quantitative estimate of drug-likeness (QED) is 0.633. The predicted octanol–water partition coefficient (Wildman–Crippen LogP) is -0.519. The zero-order chi connectivity index (χ0) is 12.8. The summed E-state index contributed by atoms with van der Waals surface area (Å²) in [6.45, 7) is 3.48. The van der Waals surface area contributed by atoms with Gasteiger partial charge in [-0.25, -0.2) is 0 Å². The Bertz CT molecular complexity index is 333. The number of nitrogens with one attached hydrogen (secondary N) is 2. The van der Waals surface area contributed by atoms with Gasteiger partial charge in [0.25, 0.3) is 0 Å². The van der Waals surface area contributed by atoms with Gasteiger partial charge < -0.3 is 15.7 Å². The molecule has 0 spiro atoms. The molecule has 17 heavy (non-hydrogen) atoms. The van der Waals surface area contributed by atoms with E-state index in [4.69, 9.17) is 5.11 Å².